The highest BCUT2D eigenvalue weighted by molar-refractivity contribution is 5.44. The van der Waals surface area contributed by atoms with Gasteiger partial charge in [0.25, 0.3) is 0 Å². The van der Waals surface area contributed by atoms with Crippen LogP contribution in [0, 0.1) is 0 Å². The average molecular weight is 261 g/mol. The summed E-state index contributed by atoms with van der Waals surface area (Å²) in [5.41, 5.74) is -0.732. The number of hydrogen-bond donors (Lipinski definition) is 1. The number of rotatable bonds is 3. The van der Waals surface area contributed by atoms with Crippen LogP contribution in [0.5, 0.6) is 11.5 Å². The van der Waals surface area contributed by atoms with Crippen molar-refractivity contribution in [2.45, 2.75) is 18.7 Å². The largest absolute Gasteiger partial charge is 0.493 e. The Hall–Kier alpha value is -1.43. The van der Waals surface area contributed by atoms with Gasteiger partial charge in [0.05, 0.1) is 12.7 Å². The van der Waals surface area contributed by atoms with Crippen molar-refractivity contribution < 1.29 is 22.6 Å². The summed E-state index contributed by atoms with van der Waals surface area (Å²) in [7, 11) is 1.41. The fourth-order valence-corrected chi connectivity index (χ4v) is 1.85. The molecule has 3 nitrogen and oxygen atoms in total. The molecule has 0 radical (unpaired) electrons. The first-order valence-electron chi connectivity index (χ1n) is 5.63. The number of methoxy groups -OCH3 is 1. The summed E-state index contributed by atoms with van der Waals surface area (Å²) in [6.07, 6.45) is -3.71. The number of nitrogens with one attached hydrogen (secondary N) is 1. The monoisotopic (exact) mass is 261 g/mol. The van der Waals surface area contributed by atoms with Crippen molar-refractivity contribution in [1.82, 2.24) is 5.32 Å². The highest BCUT2D eigenvalue weighted by Gasteiger charge is 2.32. The molecular formula is C12H14F3NO2. The molecule has 1 aliphatic rings. The second kappa shape index (κ2) is 5.06. The maximum Gasteiger partial charge on any atom is 0.416 e. The van der Waals surface area contributed by atoms with E-state index in [4.69, 9.17) is 9.47 Å². The minimum absolute atomic E-state index is 0.109. The Morgan fingerprint density at radius 1 is 1.28 bits per heavy atom. The van der Waals surface area contributed by atoms with Crippen LogP contribution in [-0.2, 0) is 6.18 Å². The predicted octanol–water partition coefficient (Wildman–Crippen LogP) is 2.45. The predicted molar refractivity (Wildman–Crippen MR) is 59.9 cm³/mol. The normalized spacial score (nSPS) is 19.9. The number of alkyl halides is 3. The second-order valence-electron chi connectivity index (χ2n) is 4.10. The van der Waals surface area contributed by atoms with Gasteiger partial charge in [-0.05, 0) is 31.2 Å². The standard InChI is InChI=1S/C12H14F3NO2/c1-17-10-3-2-8(12(13,14)15)6-11(10)18-9-4-5-16-7-9/h2-3,6,9,16H,4-5,7H2,1H3. The Kier molecular flexibility index (Phi) is 3.65. The molecule has 1 aromatic rings. The van der Waals surface area contributed by atoms with Crippen LogP contribution in [0.4, 0.5) is 13.2 Å². The van der Waals surface area contributed by atoms with Gasteiger partial charge in [-0.3, -0.25) is 0 Å². The van der Waals surface area contributed by atoms with Crippen LogP contribution in [0.25, 0.3) is 0 Å². The first-order chi connectivity index (χ1) is 8.50. The molecule has 1 aromatic carbocycles. The molecule has 6 heteroatoms. The van der Waals surface area contributed by atoms with Gasteiger partial charge in [-0.1, -0.05) is 0 Å². The molecule has 1 unspecified atom stereocenters. The van der Waals surface area contributed by atoms with Crippen molar-refractivity contribution in [2.24, 2.45) is 0 Å². The highest BCUT2D eigenvalue weighted by Crippen LogP contribution is 2.36. The second-order valence-corrected chi connectivity index (χ2v) is 4.10. The Bertz CT molecular complexity index is 414. The molecule has 2 rings (SSSR count). The Morgan fingerprint density at radius 3 is 2.61 bits per heavy atom. The molecule has 100 valence electrons. The smallest absolute Gasteiger partial charge is 0.416 e. The molecule has 0 bridgehead atoms. The van der Waals surface area contributed by atoms with E-state index in [2.05, 4.69) is 5.32 Å². The zero-order chi connectivity index (χ0) is 13.2. The summed E-state index contributed by atoms with van der Waals surface area (Å²) in [6.45, 7) is 1.45. The summed E-state index contributed by atoms with van der Waals surface area (Å²) in [6, 6.07) is 3.25. The Labute approximate surface area is 103 Å². The molecule has 0 spiro atoms. The number of halogens is 3. The van der Waals surface area contributed by atoms with Crippen LogP contribution < -0.4 is 14.8 Å². The van der Waals surface area contributed by atoms with Crippen molar-refractivity contribution in [1.29, 1.82) is 0 Å². The van der Waals surface area contributed by atoms with Crippen LogP contribution in [0.2, 0.25) is 0 Å². The number of benzene rings is 1. The number of ether oxygens (including phenoxy) is 2. The van der Waals surface area contributed by atoms with E-state index in [1.54, 1.807) is 0 Å². The fourth-order valence-electron chi connectivity index (χ4n) is 1.85. The van der Waals surface area contributed by atoms with Gasteiger partial charge in [0.15, 0.2) is 11.5 Å². The maximum atomic E-state index is 12.6. The lowest BCUT2D eigenvalue weighted by atomic mass is 10.2. The van der Waals surface area contributed by atoms with Crippen molar-refractivity contribution in [3.8, 4) is 11.5 Å². The van der Waals surface area contributed by atoms with E-state index in [9.17, 15) is 13.2 Å². The molecular weight excluding hydrogens is 247 g/mol. The Balaban J connectivity index is 2.24. The van der Waals surface area contributed by atoms with Gasteiger partial charge < -0.3 is 14.8 Å². The lowest BCUT2D eigenvalue weighted by Crippen LogP contribution is -2.20. The molecule has 18 heavy (non-hydrogen) atoms. The SMILES string of the molecule is COc1ccc(C(F)(F)F)cc1OC1CCNC1. The van der Waals surface area contributed by atoms with E-state index in [0.717, 1.165) is 25.1 Å². The number of hydrogen-bond acceptors (Lipinski definition) is 3. The van der Waals surface area contributed by atoms with Crippen molar-refractivity contribution in [2.75, 3.05) is 20.2 Å². The van der Waals surface area contributed by atoms with Gasteiger partial charge in [0, 0.05) is 6.54 Å². The van der Waals surface area contributed by atoms with Crippen molar-refractivity contribution >= 4 is 0 Å². The summed E-state index contributed by atoms with van der Waals surface area (Å²) >= 11 is 0. The molecule has 1 N–H and O–H groups in total. The third-order valence-electron chi connectivity index (χ3n) is 2.80. The van der Waals surface area contributed by atoms with Gasteiger partial charge in [-0.25, -0.2) is 0 Å². The molecule has 0 aromatic heterocycles. The lowest BCUT2D eigenvalue weighted by molar-refractivity contribution is -0.137. The first kappa shape index (κ1) is 13.0. The van der Waals surface area contributed by atoms with E-state index in [-0.39, 0.29) is 11.9 Å². The topological polar surface area (TPSA) is 30.5 Å². The molecule has 1 saturated heterocycles. The van der Waals surface area contributed by atoms with Gasteiger partial charge >= 0.3 is 6.18 Å². The first-order valence-corrected chi connectivity index (χ1v) is 5.63. The average Bonchev–Trinajstić information content (AvgIpc) is 2.80. The van der Waals surface area contributed by atoms with Crippen LogP contribution in [0.15, 0.2) is 18.2 Å². The highest BCUT2D eigenvalue weighted by atomic mass is 19.4. The maximum absolute atomic E-state index is 12.6. The Morgan fingerprint density at radius 2 is 2.06 bits per heavy atom. The van der Waals surface area contributed by atoms with E-state index in [1.807, 2.05) is 0 Å². The summed E-state index contributed by atoms with van der Waals surface area (Å²) in [5, 5.41) is 3.09. The van der Waals surface area contributed by atoms with Gasteiger partial charge in [0.1, 0.15) is 6.10 Å². The lowest BCUT2D eigenvalue weighted by Gasteiger charge is -2.17. The quantitative estimate of drug-likeness (QED) is 0.906. The third kappa shape index (κ3) is 2.87. The molecule has 1 heterocycles. The van der Waals surface area contributed by atoms with Gasteiger partial charge in [-0.2, -0.15) is 13.2 Å². The van der Waals surface area contributed by atoms with E-state index >= 15 is 0 Å². The van der Waals surface area contributed by atoms with Gasteiger partial charge in [-0.15, -0.1) is 0 Å². The molecule has 1 aliphatic heterocycles. The molecule has 0 amide bonds. The summed E-state index contributed by atoms with van der Waals surface area (Å²) in [4.78, 5) is 0. The van der Waals surface area contributed by atoms with Gasteiger partial charge in [0.2, 0.25) is 0 Å². The summed E-state index contributed by atoms with van der Waals surface area (Å²) in [5.74, 6) is 0.455. The zero-order valence-corrected chi connectivity index (χ0v) is 9.88. The van der Waals surface area contributed by atoms with Crippen LogP contribution >= 0.6 is 0 Å². The van der Waals surface area contributed by atoms with Crippen molar-refractivity contribution in [3.63, 3.8) is 0 Å². The van der Waals surface area contributed by atoms with E-state index in [1.165, 1.54) is 13.2 Å². The zero-order valence-electron chi connectivity index (χ0n) is 9.88. The minimum atomic E-state index is -4.38. The van der Waals surface area contributed by atoms with E-state index in [0.29, 0.717) is 12.3 Å². The molecule has 1 fully saturated rings. The van der Waals surface area contributed by atoms with E-state index < -0.39 is 11.7 Å². The molecule has 0 aliphatic carbocycles. The molecule has 0 saturated carbocycles. The third-order valence-corrected chi connectivity index (χ3v) is 2.80. The minimum Gasteiger partial charge on any atom is -0.493 e. The summed E-state index contributed by atoms with van der Waals surface area (Å²) < 4.78 is 48.4. The molecule has 1 atom stereocenters. The van der Waals surface area contributed by atoms with Crippen molar-refractivity contribution in [3.05, 3.63) is 23.8 Å². The fraction of sp³-hybridized carbons (Fsp3) is 0.500. The van der Waals surface area contributed by atoms with Crippen LogP contribution in [-0.4, -0.2) is 26.3 Å². The van der Waals surface area contributed by atoms with Crippen LogP contribution in [0.3, 0.4) is 0 Å². The van der Waals surface area contributed by atoms with Crippen LogP contribution in [0.1, 0.15) is 12.0 Å².